The molecule has 3 aromatic rings. The lowest BCUT2D eigenvalue weighted by atomic mass is 10.1. The molecule has 0 aliphatic carbocycles. The summed E-state index contributed by atoms with van der Waals surface area (Å²) in [4.78, 5) is 12.2. The number of nitrogens with zero attached hydrogens (tertiary/aromatic N) is 3. The van der Waals surface area contributed by atoms with E-state index in [9.17, 15) is 4.79 Å². The lowest BCUT2D eigenvalue weighted by Crippen LogP contribution is -2.23. The van der Waals surface area contributed by atoms with Gasteiger partial charge in [-0.3, -0.25) is 14.7 Å². The fourth-order valence-corrected chi connectivity index (χ4v) is 2.57. The number of aromatic nitrogens is 3. The van der Waals surface area contributed by atoms with Gasteiger partial charge >= 0.3 is 0 Å². The molecule has 128 valence electrons. The van der Waals surface area contributed by atoms with Crippen molar-refractivity contribution in [3.05, 3.63) is 71.5 Å². The lowest BCUT2D eigenvalue weighted by Gasteiger charge is -2.12. The van der Waals surface area contributed by atoms with Crippen LogP contribution in [0.5, 0.6) is 5.75 Å². The fourth-order valence-electron chi connectivity index (χ4n) is 2.57. The maximum absolute atomic E-state index is 12.2. The van der Waals surface area contributed by atoms with Gasteiger partial charge in [0.05, 0.1) is 6.54 Å². The number of anilines is 1. The maximum atomic E-state index is 12.2. The van der Waals surface area contributed by atoms with Crippen LogP contribution in [0, 0.1) is 13.8 Å². The topological polar surface area (TPSA) is 69.0 Å². The Morgan fingerprint density at radius 1 is 1.08 bits per heavy atom. The summed E-state index contributed by atoms with van der Waals surface area (Å²) < 4.78 is 7.45. The SMILES string of the molecule is Cc1cccc(C)c1OCC(=O)Nc1nncn1Cc1ccccc1. The van der Waals surface area contributed by atoms with Crippen LogP contribution in [-0.2, 0) is 11.3 Å². The number of nitrogens with one attached hydrogen (secondary N) is 1. The summed E-state index contributed by atoms with van der Waals surface area (Å²) in [6.07, 6.45) is 1.59. The average Bonchev–Trinajstić information content (AvgIpc) is 3.02. The van der Waals surface area contributed by atoms with Gasteiger partial charge in [-0.05, 0) is 30.5 Å². The molecule has 0 unspecified atom stereocenters. The van der Waals surface area contributed by atoms with Crippen LogP contribution in [0.15, 0.2) is 54.9 Å². The van der Waals surface area contributed by atoms with Gasteiger partial charge in [0.25, 0.3) is 5.91 Å². The molecule has 3 rings (SSSR count). The van der Waals surface area contributed by atoms with Gasteiger partial charge in [-0.25, -0.2) is 0 Å². The normalized spacial score (nSPS) is 10.5. The highest BCUT2D eigenvalue weighted by molar-refractivity contribution is 5.90. The zero-order chi connectivity index (χ0) is 17.6. The Balaban J connectivity index is 1.61. The summed E-state index contributed by atoms with van der Waals surface area (Å²) in [5, 5.41) is 10.6. The zero-order valence-electron chi connectivity index (χ0n) is 14.3. The number of amides is 1. The Labute approximate surface area is 146 Å². The molecule has 0 fully saturated rings. The minimum absolute atomic E-state index is 0.0795. The van der Waals surface area contributed by atoms with Crippen LogP contribution in [0.3, 0.4) is 0 Å². The van der Waals surface area contributed by atoms with Gasteiger partial charge < -0.3 is 4.74 Å². The zero-order valence-corrected chi connectivity index (χ0v) is 14.3. The van der Waals surface area contributed by atoms with E-state index in [0.717, 1.165) is 22.4 Å². The predicted octanol–water partition coefficient (Wildman–Crippen LogP) is 2.96. The van der Waals surface area contributed by atoms with Crippen LogP contribution >= 0.6 is 0 Å². The smallest absolute Gasteiger partial charge is 0.264 e. The Morgan fingerprint density at radius 3 is 2.52 bits per heavy atom. The first kappa shape index (κ1) is 16.7. The van der Waals surface area contributed by atoms with Crippen LogP contribution in [0.25, 0.3) is 0 Å². The Bertz CT molecular complexity index is 839. The molecule has 1 aromatic heterocycles. The second kappa shape index (κ2) is 7.61. The van der Waals surface area contributed by atoms with Gasteiger partial charge in [-0.1, -0.05) is 48.5 Å². The number of carbonyl (C=O) groups is 1. The Kier molecular flexibility index (Phi) is 5.09. The van der Waals surface area contributed by atoms with Crippen molar-refractivity contribution in [1.29, 1.82) is 0 Å². The van der Waals surface area contributed by atoms with Gasteiger partial charge in [0.15, 0.2) is 6.61 Å². The molecule has 0 atom stereocenters. The number of ether oxygens (including phenoxy) is 1. The highest BCUT2D eigenvalue weighted by Gasteiger charge is 2.11. The number of rotatable bonds is 6. The van der Waals surface area contributed by atoms with Crippen molar-refractivity contribution in [2.24, 2.45) is 0 Å². The molecule has 25 heavy (non-hydrogen) atoms. The third-order valence-corrected chi connectivity index (χ3v) is 3.82. The van der Waals surface area contributed by atoms with E-state index in [1.54, 1.807) is 10.9 Å². The van der Waals surface area contributed by atoms with Crippen molar-refractivity contribution in [2.75, 3.05) is 11.9 Å². The Hall–Kier alpha value is -3.15. The summed E-state index contributed by atoms with van der Waals surface area (Å²) in [5.41, 5.74) is 3.10. The number of hydrogen-bond donors (Lipinski definition) is 1. The summed E-state index contributed by atoms with van der Waals surface area (Å²) in [7, 11) is 0. The quantitative estimate of drug-likeness (QED) is 0.751. The number of para-hydroxylation sites is 1. The van der Waals surface area contributed by atoms with Crippen LogP contribution in [0.2, 0.25) is 0 Å². The number of benzene rings is 2. The van der Waals surface area contributed by atoms with Crippen LogP contribution in [0.1, 0.15) is 16.7 Å². The largest absolute Gasteiger partial charge is 0.483 e. The number of carbonyl (C=O) groups excluding carboxylic acids is 1. The first-order valence-corrected chi connectivity index (χ1v) is 8.04. The third kappa shape index (κ3) is 4.23. The first-order valence-electron chi connectivity index (χ1n) is 8.04. The summed E-state index contributed by atoms with van der Waals surface area (Å²) in [6.45, 7) is 4.42. The predicted molar refractivity (Wildman–Crippen MR) is 95.6 cm³/mol. The van der Waals surface area contributed by atoms with Gasteiger partial charge in [0, 0.05) is 0 Å². The van der Waals surface area contributed by atoms with E-state index >= 15 is 0 Å². The molecule has 0 spiro atoms. The van der Waals surface area contributed by atoms with E-state index in [4.69, 9.17) is 4.74 Å². The number of hydrogen-bond acceptors (Lipinski definition) is 4. The molecular formula is C19H20N4O2. The molecule has 2 aromatic carbocycles. The van der Waals surface area contributed by atoms with Crippen molar-refractivity contribution in [1.82, 2.24) is 14.8 Å². The van der Waals surface area contributed by atoms with Crippen molar-refractivity contribution in [2.45, 2.75) is 20.4 Å². The highest BCUT2D eigenvalue weighted by Crippen LogP contribution is 2.22. The van der Waals surface area contributed by atoms with E-state index in [1.165, 1.54) is 0 Å². The highest BCUT2D eigenvalue weighted by atomic mass is 16.5. The Morgan fingerprint density at radius 2 is 1.80 bits per heavy atom. The van der Waals surface area contributed by atoms with Gasteiger partial charge in [-0.2, -0.15) is 0 Å². The molecular weight excluding hydrogens is 316 g/mol. The molecule has 1 amide bonds. The van der Waals surface area contributed by atoms with Crippen molar-refractivity contribution in [3.63, 3.8) is 0 Å². The second-order valence-electron chi connectivity index (χ2n) is 5.83. The minimum Gasteiger partial charge on any atom is -0.483 e. The van der Waals surface area contributed by atoms with Crippen LogP contribution in [0.4, 0.5) is 5.95 Å². The molecule has 0 aliphatic heterocycles. The summed E-state index contributed by atoms with van der Waals surface area (Å²) >= 11 is 0. The van der Waals surface area contributed by atoms with E-state index in [2.05, 4.69) is 15.5 Å². The summed E-state index contributed by atoms with van der Waals surface area (Å²) in [6, 6.07) is 15.8. The monoisotopic (exact) mass is 336 g/mol. The third-order valence-electron chi connectivity index (χ3n) is 3.82. The molecule has 1 heterocycles. The van der Waals surface area contributed by atoms with Gasteiger partial charge in [0.1, 0.15) is 12.1 Å². The molecule has 0 radical (unpaired) electrons. The second-order valence-corrected chi connectivity index (χ2v) is 5.83. The molecule has 0 saturated carbocycles. The molecule has 6 nitrogen and oxygen atoms in total. The van der Waals surface area contributed by atoms with E-state index in [1.807, 2.05) is 62.4 Å². The van der Waals surface area contributed by atoms with Crippen LogP contribution in [-0.4, -0.2) is 27.3 Å². The lowest BCUT2D eigenvalue weighted by molar-refractivity contribution is -0.118. The standard InChI is InChI=1S/C19H20N4O2/c1-14-7-6-8-15(2)18(14)25-12-17(24)21-19-22-20-13-23(19)11-16-9-4-3-5-10-16/h3-10,13H,11-12H2,1-2H3,(H,21,22,24). The molecule has 6 heteroatoms. The van der Waals surface area contributed by atoms with E-state index in [0.29, 0.717) is 12.5 Å². The van der Waals surface area contributed by atoms with Crippen molar-refractivity contribution >= 4 is 11.9 Å². The fraction of sp³-hybridized carbons (Fsp3) is 0.211. The molecule has 1 N–H and O–H groups in total. The van der Waals surface area contributed by atoms with Crippen molar-refractivity contribution < 1.29 is 9.53 Å². The maximum Gasteiger partial charge on any atom is 0.264 e. The molecule has 0 aliphatic rings. The molecule has 0 saturated heterocycles. The van der Waals surface area contributed by atoms with Gasteiger partial charge in [0.2, 0.25) is 5.95 Å². The van der Waals surface area contributed by atoms with Crippen molar-refractivity contribution in [3.8, 4) is 5.75 Å². The van der Waals surface area contributed by atoms with E-state index < -0.39 is 0 Å². The van der Waals surface area contributed by atoms with Gasteiger partial charge in [-0.15, -0.1) is 10.2 Å². The van der Waals surface area contributed by atoms with Crippen LogP contribution < -0.4 is 10.1 Å². The van der Waals surface area contributed by atoms with E-state index in [-0.39, 0.29) is 12.5 Å². The molecule has 0 bridgehead atoms. The minimum atomic E-state index is -0.273. The summed E-state index contributed by atoms with van der Waals surface area (Å²) in [5.74, 6) is 0.868. The average molecular weight is 336 g/mol. The first-order chi connectivity index (χ1) is 12.1. The number of aryl methyl sites for hydroxylation is 2.